The summed E-state index contributed by atoms with van der Waals surface area (Å²) < 4.78 is 0.729. The molecule has 1 N–H and O–H groups in total. The molecule has 0 radical (unpaired) electrons. The van der Waals surface area contributed by atoms with Crippen LogP contribution in [-0.2, 0) is 0 Å². The zero-order valence-corrected chi connectivity index (χ0v) is 11.8. The van der Waals surface area contributed by atoms with Crippen molar-refractivity contribution in [3.05, 3.63) is 51.1 Å². The molecule has 0 saturated heterocycles. The summed E-state index contributed by atoms with van der Waals surface area (Å²) in [6.07, 6.45) is 0. The molecular weight excluding hydrogens is 328 g/mol. The molecule has 0 unspecified atom stereocenters. The standard InChI is InChI=1S/C13H6BrClN4/c14-10-3-8(6-16)1-2-11(10)18-13-5-9(7-17)4-12(15)19-13/h1-5H,(H,18,19). The molecule has 1 aromatic heterocycles. The lowest BCUT2D eigenvalue weighted by molar-refractivity contribution is 1.29. The first-order valence-electron chi connectivity index (χ1n) is 5.17. The summed E-state index contributed by atoms with van der Waals surface area (Å²) in [6.45, 7) is 0. The zero-order chi connectivity index (χ0) is 13.8. The fraction of sp³-hybridized carbons (Fsp3) is 0. The highest BCUT2D eigenvalue weighted by Gasteiger charge is 2.05. The maximum atomic E-state index is 8.87. The number of anilines is 2. The molecule has 2 aromatic rings. The largest absolute Gasteiger partial charge is 0.339 e. The lowest BCUT2D eigenvalue weighted by Gasteiger charge is -2.08. The summed E-state index contributed by atoms with van der Waals surface area (Å²) in [5.74, 6) is 0.467. The van der Waals surface area contributed by atoms with Crippen LogP contribution in [0.1, 0.15) is 11.1 Å². The Morgan fingerprint density at radius 2 is 1.84 bits per heavy atom. The van der Waals surface area contributed by atoms with E-state index in [1.165, 1.54) is 6.07 Å². The predicted octanol–water partition coefficient (Wildman–Crippen LogP) is 3.98. The van der Waals surface area contributed by atoms with E-state index >= 15 is 0 Å². The number of rotatable bonds is 2. The fourth-order valence-corrected chi connectivity index (χ4v) is 2.14. The normalized spacial score (nSPS) is 9.47. The van der Waals surface area contributed by atoms with Gasteiger partial charge in [-0.15, -0.1) is 0 Å². The van der Waals surface area contributed by atoms with Gasteiger partial charge in [-0.2, -0.15) is 10.5 Å². The number of aromatic nitrogens is 1. The van der Waals surface area contributed by atoms with E-state index in [1.54, 1.807) is 24.3 Å². The minimum Gasteiger partial charge on any atom is -0.339 e. The lowest BCUT2D eigenvalue weighted by atomic mass is 10.2. The van der Waals surface area contributed by atoms with Crippen molar-refractivity contribution in [2.75, 3.05) is 5.32 Å². The Morgan fingerprint density at radius 1 is 1.11 bits per heavy atom. The van der Waals surface area contributed by atoms with E-state index in [0.717, 1.165) is 10.2 Å². The number of nitrogens with one attached hydrogen (secondary N) is 1. The maximum absolute atomic E-state index is 8.87. The van der Waals surface area contributed by atoms with Crippen molar-refractivity contribution < 1.29 is 0 Å². The van der Waals surface area contributed by atoms with Gasteiger partial charge in [0.1, 0.15) is 11.0 Å². The molecule has 19 heavy (non-hydrogen) atoms. The van der Waals surface area contributed by atoms with Gasteiger partial charge in [0.2, 0.25) is 0 Å². The van der Waals surface area contributed by atoms with E-state index in [9.17, 15) is 0 Å². The van der Waals surface area contributed by atoms with Gasteiger partial charge in [-0.1, -0.05) is 11.6 Å². The Hall–Kier alpha value is -2.08. The SMILES string of the molecule is N#Cc1cc(Cl)nc(Nc2ccc(C#N)cc2Br)c1. The third kappa shape index (κ3) is 3.23. The van der Waals surface area contributed by atoms with Crippen molar-refractivity contribution in [2.24, 2.45) is 0 Å². The van der Waals surface area contributed by atoms with Crippen LogP contribution in [-0.4, -0.2) is 4.98 Å². The summed E-state index contributed by atoms with van der Waals surface area (Å²) in [7, 11) is 0. The molecule has 0 bridgehead atoms. The van der Waals surface area contributed by atoms with Gasteiger partial charge in [0, 0.05) is 4.47 Å². The van der Waals surface area contributed by atoms with Gasteiger partial charge in [0.25, 0.3) is 0 Å². The number of nitriles is 2. The van der Waals surface area contributed by atoms with Gasteiger partial charge in [-0.25, -0.2) is 4.98 Å². The molecule has 1 aromatic carbocycles. The zero-order valence-electron chi connectivity index (χ0n) is 9.48. The fourth-order valence-electron chi connectivity index (χ4n) is 1.45. The molecule has 4 nitrogen and oxygen atoms in total. The Kier molecular flexibility index (Phi) is 4.01. The first-order chi connectivity index (χ1) is 9.12. The minimum absolute atomic E-state index is 0.242. The molecule has 2 rings (SSSR count). The van der Waals surface area contributed by atoms with Gasteiger partial charge in [0.15, 0.2) is 0 Å². The highest BCUT2D eigenvalue weighted by molar-refractivity contribution is 9.10. The maximum Gasteiger partial charge on any atom is 0.133 e. The number of halogens is 2. The number of hydrogen-bond donors (Lipinski definition) is 1. The van der Waals surface area contributed by atoms with Gasteiger partial charge in [-0.3, -0.25) is 0 Å². The molecule has 0 fully saturated rings. The van der Waals surface area contributed by atoms with E-state index in [0.29, 0.717) is 16.9 Å². The highest BCUT2D eigenvalue weighted by atomic mass is 79.9. The highest BCUT2D eigenvalue weighted by Crippen LogP contribution is 2.27. The average Bonchev–Trinajstić information content (AvgIpc) is 2.40. The van der Waals surface area contributed by atoms with E-state index in [2.05, 4.69) is 26.2 Å². The molecular formula is C13H6BrClN4. The topological polar surface area (TPSA) is 72.5 Å². The Labute approximate surface area is 123 Å². The molecule has 92 valence electrons. The van der Waals surface area contributed by atoms with Crippen molar-refractivity contribution in [3.8, 4) is 12.1 Å². The van der Waals surface area contributed by atoms with E-state index < -0.39 is 0 Å². The lowest BCUT2D eigenvalue weighted by Crippen LogP contribution is -1.96. The monoisotopic (exact) mass is 332 g/mol. The van der Waals surface area contributed by atoms with Crippen LogP contribution in [0.4, 0.5) is 11.5 Å². The van der Waals surface area contributed by atoms with Gasteiger partial charge < -0.3 is 5.32 Å². The summed E-state index contributed by atoms with van der Waals surface area (Å²) in [6, 6.07) is 12.3. The second-order valence-corrected chi connectivity index (χ2v) is 4.85. The van der Waals surface area contributed by atoms with Crippen molar-refractivity contribution >= 4 is 39.0 Å². The van der Waals surface area contributed by atoms with E-state index in [1.807, 2.05) is 12.1 Å². The Balaban J connectivity index is 2.34. The molecule has 0 spiro atoms. The number of pyridine rings is 1. The van der Waals surface area contributed by atoms with E-state index in [4.69, 9.17) is 22.1 Å². The first kappa shape index (κ1) is 13.4. The van der Waals surface area contributed by atoms with Crippen molar-refractivity contribution in [3.63, 3.8) is 0 Å². The van der Waals surface area contributed by atoms with Gasteiger partial charge in [0.05, 0.1) is 29.0 Å². The molecule has 0 aliphatic carbocycles. The molecule has 6 heteroatoms. The van der Waals surface area contributed by atoms with Crippen LogP contribution in [0.5, 0.6) is 0 Å². The smallest absolute Gasteiger partial charge is 0.133 e. The summed E-state index contributed by atoms with van der Waals surface area (Å²) in [5, 5.41) is 20.9. The van der Waals surface area contributed by atoms with Crippen LogP contribution < -0.4 is 5.32 Å². The molecule has 0 atom stereocenters. The number of benzene rings is 1. The third-order valence-electron chi connectivity index (χ3n) is 2.28. The van der Waals surface area contributed by atoms with E-state index in [-0.39, 0.29) is 5.15 Å². The summed E-state index contributed by atoms with van der Waals surface area (Å²) >= 11 is 9.19. The number of hydrogen-bond acceptors (Lipinski definition) is 4. The quantitative estimate of drug-likeness (QED) is 0.844. The van der Waals surface area contributed by atoms with Crippen LogP contribution in [0.25, 0.3) is 0 Å². The first-order valence-corrected chi connectivity index (χ1v) is 6.34. The third-order valence-corrected chi connectivity index (χ3v) is 3.13. The Morgan fingerprint density at radius 3 is 2.47 bits per heavy atom. The molecule has 0 saturated carbocycles. The van der Waals surface area contributed by atoms with Crippen LogP contribution in [0.2, 0.25) is 5.15 Å². The molecule has 0 aliphatic rings. The summed E-state index contributed by atoms with van der Waals surface area (Å²) in [5.41, 5.74) is 1.71. The van der Waals surface area contributed by atoms with Gasteiger partial charge >= 0.3 is 0 Å². The Bertz CT molecular complexity index is 716. The minimum atomic E-state index is 0.242. The van der Waals surface area contributed by atoms with Crippen molar-refractivity contribution in [2.45, 2.75) is 0 Å². The molecule has 0 amide bonds. The summed E-state index contributed by atoms with van der Waals surface area (Å²) in [4.78, 5) is 4.08. The van der Waals surface area contributed by atoms with Crippen molar-refractivity contribution in [1.82, 2.24) is 4.98 Å². The second-order valence-electron chi connectivity index (χ2n) is 3.61. The average molecular weight is 334 g/mol. The van der Waals surface area contributed by atoms with Crippen molar-refractivity contribution in [1.29, 1.82) is 10.5 Å². The van der Waals surface area contributed by atoms with Gasteiger partial charge in [-0.05, 0) is 46.3 Å². The second kappa shape index (κ2) is 5.71. The van der Waals surface area contributed by atoms with Crippen LogP contribution in [0, 0.1) is 22.7 Å². The van der Waals surface area contributed by atoms with Crippen LogP contribution >= 0.6 is 27.5 Å². The molecule has 0 aliphatic heterocycles. The number of nitrogens with zero attached hydrogens (tertiary/aromatic N) is 3. The van der Waals surface area contributed by atoms with Crippen LogP contribution in [0.3, 0.4) is 0 Å². The predicted molar refractivity (Wildman–Crippen MR) is 76.1 cm³/mol. The van der Waals surface area contributed by atoms with Crippen LogP contribution in [0.15, 0.2) is 34.8 Å². The molecule has 1 heterocycles.